The Kier molecular flexibility index (Phi) is 1.75. The van der Waals surface area contributed by atoms with E-state index < -0.39 is 29.5 Å². The highest BCUT2D eigenvalue weighted by Gasteiger charge is 2.64. The van der Waals surface area contributed by atoms with Gasteiger partial charge in [0.25, 0.3) is 0 Å². The SMILES string of the molecule is CCN1C[C@]23C=C[C@@H](O2)[C@H](C(=O)[O-])[C@@H]3C1=O. The van der Waals surface area contributed by atoms with E-state index in [9.17, 15) is 14.7 Å². The molecule has 86 valence electrons. The molecule has 5 nitrogen and oxygen atoms in total. The van der Waals surface area contributed by atoms with Crippen LogP contribution in [0.15, 0.2) is 12.2 Å². The summed E-state index contributed by atoms with van der Waals surface area (Å²) in [7, 11) is 0. The molecule has 4 atom stereocenters. The molecule has 2 saturated heterocycles. The molecule has 3 aliphatic heterocycles. The number of nitrogens with zero attached hydrogens (tertiary/aromatic N) is 1. The van der Waals surface area contributed by atoms with Gasteiger partial charge in [0.15, 0.2) is 0 Å². The monoisotopic (exact) mass is 222 g/mol. The summed E-state index contributed by atoms with van der Waals surface area (Å²) < 4.78 is 5.67. The molecule has 0 saturated carbocycles. The van der Waals surface area contributed by atoms with Gasteiger partial charge in [0.1, 0.15) is 5.60 Å². The average molecular weight is 222 g/mol. The van der Waals surface area contributed by atoms with Gasteiger partial charge < -0.3 is 19.5 Å². The molecule has 0 radical (unpaired) electrons. The fourth-order valence-electron chi connectivity index (χ4n) is 3.11. The second-order valence-corrected chi connectivity index (χ2v) is 4.57. The summed E-state index contributed by atoms with van der Waals surface area (Å²) in [5.74, 6) is -2.72. The molecular weight excluding hydrogens is 210 g/mol. The molecule has 3 heterocycles. The molecule has 5 heteroatoms. The molecule has 1 spiro atoms. The molecule has 2 bridgehead atoms. The first kappa shape index (κ1) is 9.84. The minimum Gasteiger partial charge on any atom is -0.550 e. The molecule has 0 N–H and O–H groups in total. The maximum atomic E-state index is 12.0. The summed E-state index contributed by atoms with van der Waals surface area (Å²) in [6.45, 7) is 2.92. The Bertz CT molecular complexity index is 405. The number of likely N-dealkylation sites (N-methyl/N-ethyl adjacent to an activating group) is 1. The standard InChI is InChI=1S/C11H13NO4/c1-2-12-5-11-4-3-6(16-11)7(10(14)15)8(11)9(12)13/h3-4,6-8H,2,5H2,1H3,(H,14,15)/p-1/t6-,7+,8-,11+/m1/s1. The van der Waals surface area contributed by atoms with E-state index in [1.54, 1.807) is 11.0 Å². The van der Waals surface area contributed by atoms with Gasteiger partial charge in [0, 0.05) is 18.4 Å². The highest BCUT2D eigenvalue weighted by molar-refractivity contribution is 5.90. The summed E-state index contributed by atoms with van der Waals surface area (Å²) in [5, 5.41) is 11.1. The molecule has 3 rings (SSSR count). The lowest BCUT2D eigenvalue weighted by Gasteiger charge is -2.24. The van der Waals surface area contributed by atoms with Gasteiger partial charge in [-0.1, -0.05) is 12.2 Å². The van der Waals surface area contributed by atoms with Crippen molar-refractivity contribution in [3.8, 4) is 0 Å². The van der Waals surface area contributed by atoms with Crippen LogP contribution >= 0.6 is 0 Å². The van der Waals surface area contributed by atoms with Crippen molar-refractivity contribution in [2.24, 2.45) is 11.8 Å². The maximum absolute atomic E-state index is 12.0. The number of ether oxygens (including phenoxy) is 1. The topological polar surface area (TPSA) is 69.7 Å². The number of carboxylic acid groups (broad SMARTS) is 1. The van der Waals surface area contributed by atoms with Gasteiger partial charge in [-0.2, -0.15) is 0 Å². The Hall–Kier alpha value is -1.36. The van der Waals surface area contributed by atoms with Crippen molar-refractivity contribution in [2.75, 3.05) is 13.1 Å². The molecule has 2 fully saturated rings. The lowest BCUT2D eigenvalue weighted by atomic mass is 9.77. The molecule has 0 aromatic rings. The van der Waals surface area contributed by atoms with Crippen molar-refractivity contribution in [2.45, 2.75) is 18.6 Å². The minimum absolute atomic E-state index is 0.122. The number of likely N-dealkylation sites (tertiary alicyclic amines) is 1. The Morgan fingerprint density at radius 1 is 1.75 bits per heavy atom. The first-order valence-electron chi connectivity index (χ1n) is 5.46. The zero-order valence-corrected chi connectivity index (χ0v) is 8.88. The lowest BCUT2D eigenvalue weighted by Crippen LogP contribution is -2.45. The molecule has 1 amide bonds. The summed E-state index contributed by atoms with van der Waals surface area (Å²) in [6, 6.07) is 0. The third-order valence-electron chi connectivity index (χ3n) is 3.83. The Labute approximate surface area is 92.7 Å². The van der Waals surface area contributed by atoms with E-state index in [-0.39, 0.29) is 5.91 Å². The number of carbonyl (C=O) groups is 2. The number of fused-ring (bicyclic) bond motifs is 1. The van der Waals surface area contributed by atoms with E-state index in [2.05, 4.69) is 0 Å². The van der Waals surface area contributed by atoms with Gasteiger partial charge in [-0.3, -0.25) is 4.79 Å². The summed E-state index contributed by atoms with van der Waals surface area (Å²) in [6.07, 6.45) is 3.09. The van der Waals surface area contributed by atoms with Gasteiger partial charge in [0.2, 0.25) is 5.91 Å². The zero-order chi connectivity index (χ0) is 11.5. The zero-order valence-electron chi connectivity index (χ0n) is 8.88. The lowest BCUT2D eigenvalue weighted by molar-refractivity contribution is -0.313. The van der Waals surface area contributed by atoms with Crippen LogP contribution in [-0.2, 0) is 14.3 Å². The van der Waals surface area contributed by atoms with E-state index in [1.165, 1.54) is 0 Å². The number of rotatable bonds is 2. The minimum atomic E-state index is -1.19. The maximum Gasteiger partial charge on any atom is 0.229 e. The first-order valence-corrected chi connectivity index (χ1v) is 5.46. The highest BCUT2D eigenvalue weighted by Crippen LogP contribution is 2.51. The first-order chi connectivity index (χ1) is 7.59. The molecule has 0 aromatic heterocycles. The second-order valence-electron chi connectivity index (χ2n) is 4.57. The van der Waals surface area contributed by atoms with Crippen LogP contribution in [0.3, 0.4) is 0 Å². The predicted molar refractivity (Wildman–Crippen MR) is 51.0 cm³/mol. The normalized spacial score (nSPS) is 44.2. The number of carbonyl (C=O) groups excluding carboxylic acids is 2. The average Bonchev–Trinajstić information content (AvgIpc) is 2.86. The van der Waals surface area contributed by atoms with E-state index in [1.807, 2.05) is 13.0 Å². The van der Waals surface area contributed by atoms with Crippen molar-refractivity contribution in [1.82, 2.24) is 4.90 Å². The van der Waals surface area contributed by atoms with Crippen LogP contribution in [0, 0.1) is 11.8 Å². The Balaban J connectivity index is 2.03. The molecule has 0 aliphatic carbocycles. The quantitative estimate of drug-likeness (QED) is 0.535. The van der Waals surface area contributed by atoms with Gasteiger partial charge in [0.05, 0.1) is 18.6 Å². The number of hydrogen-bond donors (Lipinski definition) is 0. The third kappa shape index (κ3) is 0.942. The van der Waals surface area contributed by atoms with Crippen molar-refractivity contribution in [3.63, 3.8) is 0 Å². The summed E-state index contributed by atoms with van der Waals surface area (Å²) >= 11 is 0. The molecule has 0 unspecified atom stereocenters. The van der Waals surface area contributed by atoms with E-state index in [4.69, 9.17) is 4.74 Å². The largest absolute Gasteiger partial charge is 0.550 e. The molecule has 0 aromatic carbocycles. The van der Waals surface area contributed by atoms with Crippen molar-refractivity contribution in [1.29, 1.82) is 0 Å². The van der Waals surface area contributed by atoms with Crippen LogP contribution in [0.1, 0.15) is 6.92 Å². The number of carboxylic acids is 1. The molecule has 16 heavy (non-hydrogen) atoms. The van der Waals surface area contributed by atoms with Crippen molar-refractivity contribution >= 4 is 11.9 Å². The third-order valence-corrected chi connectivity index (χ3v) is 3.83. The van der Waals surface area contributed by atoms with Crippen LogP contribution in [0.25, 0.3) is 0 Å². The van der Waals surface area contributed by atoms with E-state index in [0.717, 1.165) is 0 Å². The van der Waals surface area contributed by atoms with Gasteiger partial charge in [-0.25, -0.2) is 0 Å². The smallest absolute Gasteiger partial charge is 0.229 e. The fourth-order valence-corrected chi connectivity index (χ4v) is 3.11. The number of hydrogen-bond acceptors (Lipinski definition) is 4. The predicted octanol–water partition coefficient (Wildman–Crippen LogP) is -1.46. The summed E-state index contributed by atoms with van der Waals surface area (Å²) in [4.78, 5) is 24.8. The summed E-state index contributed by atoms with van der Waals surface area (Å²) in [5.41, 5.74) is -0.706. The Morgan fingerprint density at radius 2 is 2.50 bits per heavy atom. The van der Waals surface area contributed by atoms with Gasteiger partial charge >= 0.3 is 0 Å². The van der Waals surface area contributed by atoms with Crippen LogP contribution in [-0.4, -0.2) is 41.6 Å². The molecular formula is C11H12NO4-. The van der Waals surface area contributed by atoms with Crippen LogP contribution in [0.2, 0.25) is 0 Å². The number of aliphatic carboxylic acids is 1. The molecule has 3 aliphatic rings. The van der Waals surface area contributed by atoms with Crippen molar-refractivity contribution in [3.05, 3.63) is 12.2 Å². The van der Waals surface area contributed by atoms with Crippen LogP contribution in [0.5, 0.6) is 0 Å². The van der Waals surface area contributed by atoms with Crippen LogP contribution in [0.4, 0.5) is 0 Å². The van der Waals surface area contributed by atoms with Crippen LogP contribution < -0.4 is 5.11 Å². The van der Waals surface area contributed by atoms with E-state index in [0.29, 0.717) is 13.1 Å². The second kappa shape index (κ2) is 2.85. The van der Waals surface area contributed by atoms with Crippen molar-refractivity contribution < 1.29 is 19.4 Å². The highest BCUT2D eigenvalue weighted by atomic mass is 16.5. The van der Waals surface area contributed by atoms with Gasteiger partial charge in [-0.15, -0.1) is 0 Å². The Morgan fingerprint density at radius 3 is 3.12 bits per heavy atom. The number of amides is 1. The van der Waals surface area contributed by atoms with Gasteiger partial charge in [-0.05, 0) is 6.92 Å². The van der Waals surface area contributed by atoms with E-state index >= 15 is 0 Å². The fraction of sp³-hybridized carbons (Fsp3) is 0.636.